The molecule has 16 heteroatoms. The summed E-state index contributed by atoms with van der Waals surface area (Å²) in [7, 11) is 0. The van der Waals surface area contributed by atoms with Crippen LogP contribution in [0.25, 0.3) is 88.7 Å². The number of H-pyrrole nitrogens is 4. The monoisotopic (exact) mass is 1090 g/mol. The van der Waals surface area contributed by atoms with Gasteiger partial charge in [0.1, 0.15) is 0 Å². The molecule has 0 aliphatic carbocycles. The van der Waals surface area contributed by atoms with Gasteiger partial charge in [0, 0.05) is 76.2 Å². The van der Waals surface area contributed by atoms with Gasteiger partial charge in [-0.25, -0.2) is 19.9 Å². The molecule has 10 rings (SSSR count). The maximum Gasteiger partial charge on any atom is 0.303 e. The third-order valence-corrected chi connectivity index (χ3v) is 17.0. The zero-order valence-corrected chi connectivity index (χ0v) is 47.6. The van der Waals surface area contributed by atoms with E-state index in [0.29, 0.717) is 51.6 Å². The predicted octanol–water partition coefficient (Wildman–Crippen LogP) is 13.9. The highest BCUT2D eigenvalue weighted by atomic mass is 16.4. The lowest BCUT2D eigenvalue weighted by Gasteiger charge is -2.09. The summed E-state index contributed by atoms with van der Waals surface area (Å²) in [5.41, 5.74) is 27.1. The van der Waals surface area contributed by atoms with Crippen molar-refractivity contribution in [3.8, 4) is 0 Å². The van der Waals surface area contributed by atoms with Crippen molar-refractivity contribution in [2.75, 3.05) is 0 Å². The quantitative estimate of drug-likeness (QED) is 0.0450. The molecule has 0 radical (unpaired) electrons. The Balaban J connectivity index is 1.24. The Kier molecular flexibility index (Phi) is 15.0. The molecule has 6 aromatic rings. The lowest BCUT2D eigenvalue weighted by atomic mass is 9.93. The molecule has 0 fully saturated rings. The summed E-state index contributed by atoms with van der Waals surface area (Å²) >= 11 is 0. The SMILES string of the molecule is CCc1c(C)c2cc3nc(cc4[nH]c(cc5nc(cc1[nH]2)C(C)=C5CC1=C(C)c2cc5[nH]c(cc6[nH]c(cc7nc(cc1n2)C(C)=C7CCC(=O)O)c(CCC(=O)O)c6C)c(C)c5CC)c(C)c4CCC(=O)O)C(CCC(=O)O)=C3C. The molecule has 8 N–H and O–H groups in total. The Labute approximate surface area is 468 Å². The molecule has 0 aromatic carbocycles. The second-order valence-electron chi connectivity index (χ2n) is 21.8. The highest BCUT2D eigenvalue weighted by molar-refractivity contribution is 6.03. The number of carboxylic acids is 4. The van der Waals surface area contributed by atoms with Crippen molar-refractivity contribution in [2.24, 2.45) is 0 Å². The second-order valence-corrected chi connectivity index (χ2v) is 21.8. The van der Waals surface area contributed by atoms with Gasteiger partial charge in [-0.15, -0.1) is 0 Å². The molecule has 0 unspecified atom stereocenters. The fraction of sp³-hybridized carbons (Fsp3) is 0.323. The van der Waals surface area contributed by atoms with Crippen molar-refractivity contribution in [1.29, 1.82) is 0 Å². The average Bonchev–Trinajstić information content (AvgIpc) is 4.45. The number of aryl methyl sites for hydroxylation is 8. The number of fused-ring (bicyclic) bond motifs is 16. The normalized spacial score (nSPS) is 13.6. The van der Waals surface area contributed by atoms with Crippen LogP contribution in [0.4, 0.5) is 0 Å². The molecule has 81 heavy (non-hydrogen) atoms. The molecule has 416 valence electrons. The van der Waals surface area contributed by atoms with E-state index in [1.54, 1.807) is 0 Å². The van der Waals surface area contributed by atoms with Crippen molar-refractivity contribution in [3.05, 3.63) is 139 Å². The van der Waals surface area contributed by atoms with E-state index in [1.165, 1.54) is 0 Å². The van der Waals surface area contributed by atoms with E-state index in [9.17, 15) is 39.6 Å². The van der Waals surface area contributed by atoms with Gasteiger partial charge in [0.2, 0.25) is 0 Å². The lowest BCUT2D eigenvalue weighted by Crippen LogP contribution is -1.98. The average molecular weight is 1090 g/mol. The molecule has 16 nitrogen and oxygen atoms in total. The van der Waals surface area contributed by atoms with E-state index < -0.39 is 23.9 Å². The summed E-state index contributed by atoms with van der Waals surface area (Å²) in [5.74, 6) is -3.69. The molecule has 6 aromatic heterocycles. The van der Waals surface area contributed by atoms with Crippen LogP contribution in [0.5, 0.6) is 0 Å². The van der Waals surface area contributed by atoms with Gasteiger partial charge in [0.25, 0.3) is 0 Å². The van der Waals surface area contributed by atoms with Gasteiger partial charge in [-0.05, 0) is 232 Å². The van der Waals surface area contributed by atoms with Gasteiger partial charge < -0.3 is 40.4 Å². The Morgan fingerprint density at radius 3 is 0.963 bits per heavy atom. The number of aromatic nitrogens is 8. The van der Waals surface area contributed by atoms with Gasteiger partial charge in [-0.1, -0.05) is 13.8 Å². The third kappa shape index (κ3) is 10.6. The van der Waals surface area contributed by atoms with Crippen molar-refractivity contribution < 1.29 is 39.6 Å². The first-order valence-corrected chi connectivity index (χ1v) is 27.8. The predicted molar refractivity (Wildman–Crippen MR) is 320 cm³/mol. The third-order valence-electron chi connectivity index (χ3n) is 17.0. The van der Waals surface area contributed by atoms with Crippen molar-refractivity contribution in [3.63, 3.8) is 0 Å². The standard InChI is InChI=1S/C65H68N8O8/c1-11-38-30(3)46-22-48-32(5)40(13-17-62(74)75)56(68-48)28-58-42(15-19-64(78)79)34(7)50(70-58)26-60-44(36(9)52(72-60)24-54(38)66-46)21-45-37(10)53-25-55-39(12-2)31(4)47(67-55)23-49-33(6)41(14-18-63(76)77)57(69-49)29-59-43(16-20-65(80)81)35(8)51(71-59)27-61(45)73-53/h22-29,66-68,71H,11-21H2,1-10H3,(H,74,75)(H,76,77)(H,78,79)(H,80,81). The minimum Gasteiger partial charge on any atom is -0.481 e. The van der Waals surface area contributed by atoms with Crippen LogP contribution in [0, 0.1) is 27.7 Å². The van der Waals surface area contributed by atoms with Crippen LogP contribution in [-0.2, 0) is 44.9 Å². The minimum absolute atomic E-state index is 0.0724. The molecule has 4 aliphatic rings. The summed E-state index contributed by atoms with van der Waals surface area (Å²) in [4.78, 5) is 84.2. The summed E-state index contributed by atoms with van der Waals surface area (Å²) in [6.45, 7) is 20.6. The zero-order chi connectivity index (χ0) is 57.9. The van der Waals surface area contributed by atoms with Gasteiger partial charge in [-0.3, -0.25) is 19.2 Å². The molecule has 0 atom stereocenters. The Bertz CT molecular complexity index is 4230. The van der Waals surface area contributed by atoms with Crippen molar-refractivity contribution >= 4 is 113 Å². The summed E-state index contributed by atoms with van der Waals surface area (Å²) in [5, 5.41) is 39.6. The van der Waals surface area contributed by atoms with Crippen LogP contribution in [0.1, 0.15) is 177 Å². The Morgan fingerprint density at radius 1 is 0.333 bits per heavy atom. The number of nitrogens with one attached hydrogen (secondary N) is 4. The first kappa shape index (κ1) is 55.4. The van der Waals surface area contributed by atoms with E-state index in [0.717, 1.165) is 146 Å². The molecule has 16 bridgehead atoms. The summed E-state index contributed by atoms with van der Waals surface area (Å²) in [6.07, 6.45) is 2.53. The molecular weight excluding hydrogens is 1020 g/mol. The number of allylic oxidation sites excluding steroid dienone is 8. The van der Waals surface area contributed by atoms with Gasteiger partial charge >= 0.3 is 23.9 Å². The highest BCUT2D eigenvalue weighted by Gasteiger charge is 2.28. The van der Waals surface area contributed by atoms with Crippen molar-refractivity contribution in [2.45, 2.75) is 140 Å². The minimum atomic E-state index is -0.934. The van der Waals surface area contributed by atoms with Gasteiger partial charge in [0.15, 0.2) is 0 Å². The largest absolute Gasteiger partial charge is 0.481 e. The van der Waals surface area contributed by atoms with Gasteiger partial charge in [0.05, 0.1) is 45.6 Å². The molecule has 10 heterocycles. The number of aromatic amines is 4. The lowest BCUT2D eigenvalue weighted by molar-refractivity contribution is -0.138. The van der Waals surface area contributed by atoms with Crippen LogP contribution in [0.15, 0.2) is 48.5 Å². The Morgan fingerprint density at radius 2 is 0.593 bits per heavy atom. The topological polar surface area (TPSA) is 264 Å². The van der Waals surface area contributed by atoms with Crippen LogP contribution in [-0.4, -0.2) is 84.2 Å². The number of aliphatic carboxylic acids is 4. The van der Waals surface area contributed by atoms with E-state index in [4.69, 9.17) is 19.9 Å². The van der Waals surface area contributed by atoms with Gasteiger partial charge in [-0.2, -0.15) is 0 Å². The van der Waals surface area contributed by atoms with Crippen molar-refractivity contribution in [1.82, 2.24) is 39.9 Å². The maximum atomic E-state index is 12.2. The second kappa shape index (κ2) is 22.0. The first-order chi connectivity index (χ1) is 38.6. The van der Waals surface area contributed by atoms with Crippen LogP contribution < -0.4 is 0 Å². The number of rotatable bonds is 16. The molecular formula is C65H68N8O8. The van der Waals surface area contributed by atoms with Crippen LogP contribution in [0.2, 0.25) is 0 Å². The highest BCUT2D eigenvalue weighted by Crippen LogP contribution is 2.44. The molecule has 0 saturated carbocycles. The number of hydrogen-bond donors (Lipinski definition) is 8. The first-order valence-electron chi connectivity index (χ1n) is 27.8. The van der Waals surface area contributed by atoms with E-state index >= 15 is 0 Å². The van der Waals surface area contributed by atoms with Crippen LogP contribution >= 0.6 is 0 Å². The Hall–Kier alpha value is -8.92. The maximum absolute atomic E-state index is 12.2. The number of nitrogens with zero attached hydrogens (tertiary/aromatic N) is 4. The molecule has 0 saturated heterocycles. The van der Waals surface area contributed by atoms with E-state index in [2.05, 4.69) is 79.7 Å². The fourth-order valence-corrected chi connectivity index (χ4v) is 12.2. The molecule has 0 amide bonds. The van der Waals surface area contributed by atoms with Crippen LogP contribution in [0.3, 0.4) is 0 Å². The smallest absolute Gasteiger partial charge is 0.303 e. The number of carboxylic acid groups (broad SMARTS) is 4. The summed E-state index contributed by atoms with van der Waals surface area (Å²) in [6, 6.07) is 16.2. The fourth-order valence-electron chi connectivity index (χ4n) is 12.2. The molecule has 0 spiro atoms. The summed E-state index contributed by atoms with van der Waals surface area (Å²) < 4.78 is 0. The number of hydrogen-bond acceptors (Lipinski definition) is 8. The van der Waals surface area contributed by atoms with E-state index in [-0.39, 0.29) is 51.4 Å². The zero-order valence-electron chi connectivity index (χ0n) is 47.6. The van der Waals surface area contributed by atoms with E-state index in [1.807, 2.05) is 58.0 Å². The number of carbonyl (C=O) groups is 4. The molecule has 4 aliphatic heterocycles.